The minimum Gasteiger partial charge on any atom is -0.486 e. The summed E-state index contributed by atoms with van der Waals surface area (Å²) in [5.74, 6) is 0.756. The van der Waals surface area contributed by atoms with E-state index in [0.717, 1.165) is 21.5 Å². The minimum atomic E-state index is -0.498. The van der Waals surface area contributed by atoms with E-state index < -0.39 is 5.91 Å². The van der Waals surface area contributed by atoms with Gasteiger partial charge in [-0.15, -0.1) is 11.3 Å². The lowest BCUT2D eigenvalue weighted by molar-refractivity contribution is 0.0999. The van der Waals surface area contributed by atoms with Gasteiger partial charge >= 0.3 is 0 Å². The van der Waals surface area contributed by atoms with Gasteiger partial charge in [0.05, 0.1) is 29.1 Å². The summed E-state index contributed by atoms with van der Waals surface area (Å²) in [4.78, 5) is 21.4. The lowest BCUT2D eigenvalue weighted by Gasteiger charge is -2.17. The standard InChI is InChI=1S/C18H18N4O3S/c1-10-6-14-16(26-10)18(21-9-20-14)22-13-3-2-11(17(19)23)7-15(13)25-12-4-5-24-8-12/h2-3,6-7,9,12H,4-5,8H2,1H3,(H2,19,23)(H,20,21,22). The van der Waals surface area contributed by atoms with Crippen molar-refractivity contribution < 1.29 is 14.3 Å². The Hall–Kier alpha value is -2.71. The first-order valence-electron chi connectivity index (χ1n) is 8.26. The molecule has 0 bridgehead atoms. The average Bonchev–Trinajstić information content (AvgIpc) is 3.25. The van der Waals surface area contributed by atoms with E-state index in [1.165, 1.54) is 6.33 Å². The van der Waals surface area contributed by atoms with Crippen molar-refractivity contribution in [3.63, 3.8) is 0 Å². The van der Waals surface area contributed by atoms with E-state index in [1.807, 2.05) is 13.0 Å². The summed E-state index contributed by atoms with van der Waals surface area (Å²) in [5, 5.41) is 3.31. The molecule has 8 heteroatoms. The summed E-state index contributed by atoms with van der Waals surface area (Å²) in [7, 11) is 0. The Morgan fingerprint density at radius 2 is 2.27 bits per heavy atom. The number of benzene rings is 1. The van der Waals surface area contributed by atoms with Crippen molar-refractivity contribution in [1.29, 1.82) is 0 Å². The summed E-state index contributed by atoms with van der Waals surface area (Å²) in [6, 6.07) is 7.12. The van der Waals surface area contributed by atoms with Crippen LogP contribution in [0.25, 0.3) is 10.2 Å². The van der Waals surface area contributed by atoms with Gasteiger partial charge in [-0.2, -0.15) is 0 Å². The van der Waals surface area contributed by atoms with E-state index >= 15 is 0 Å². The van der Waals surface area contributed by atoms with E-state index in [9.17, 15) is 4.79 Å². The van der Waals surface area contributed by atoms with Crippen molar-refractivity contribution in [3.8, 4) is 5.75 Å². The smallest absolute Gasteiger partial charge is 0.248 e. The molecule has 7 nitrogen and oxygen atoms in total. The highest BCUT2D eigenvalue weighted by Gasteiger charge is 2.20. The zero-order valence-corrected chi connectivity index (χ0v) is 15.0. The van der Waals surface area contributed by atoms with Crippen molar-refractivity contribution in [2.75, 3.05) is 18.5 Å². The van der Waals surface area contributed by atoms with Gasteiger partial charge < -0.3 is 20.5 Å². The predicted molar refractivity (Wildman–Crippen MR) is 100 cm³/mol. The van der Waals surface area contributed by atoms with E-state index in [-0.39, 0.29) is 6.10 Å². The quantitative estimate of drug-likeness (QED) is 0.716. The SMILES string of the molecule is Cc1cc2ncnc(Nc3ccc(C(N)=O)cc3OC3CCOC3)c2s1. The number of aryl methyl sites for hydroxylation is 1. The molecule has 0 radical (unpaired) electrons. The maximum absolute atomic E-state index is 11.5. The number of fused-ring (bicyclic) bond motifs is 1. The zero-order valence-electron chi connectivity index (χ0n) is 14.2. The third-order valence-electron chi connectivity index (χ3n) is 4.14. The molecule has 26 heavy (non-hydrogen) atoms. The van der Waals surface area contributed by atoms with Gasteiger partial charge in [-0.3, -0.25) is 4.79 Å². The molecule has 2 aromatic heterocycles. The van der Waals surface area contributed by atoms with Crippen LogP contribution < -0.4 is 15.8 Å². The number of nitrogens with one attached hydrogen (secondary N) is 1. The zero-order chi connectivity index (χ0) is 18.1. The van der Waals surface area contributed by atoms with Gasteiger partial charge in [0.25, 0.3) is 0 Å². The lowest BCUT2D eigenvalue weighted by atomic mass is 10.1. The number of carbonyl (C=O) groups excluding carboxylic acids is 1. The number of hydrogen-bond donors (Lipinski definition) is 2. The highest BCUT2D eigenvalue weighted by molar-refractivity contribution is 7.19. The molecule has 3 aromatic rings. The third-order valence-corrected chi connectivity index (χ3v) is 5.18. The molecule has 0 spiro atoms. The molecule has 0 saturated carbocycles. The van der Waals surface area contributed by atoms with Crippen LogP contribution in [0.4, 0.5) is 11.5 Å². The molecule has 1 amide bonds. The number of ether oxygens (including phenoxy) is 2. The maximum Gasteiger partial charge on any atom is 0.248 e. The van der Waals surface area contributed by atoms with Crippen molar-refractivity contribution in [1.82, 2.24) is 9.97 Å². The largest absolute Gasteiger partial charge is 0.486 e. The number of nitrogens with two attached hydrogens (primary N) is 1. The lowest BCUT2D eigenvalue weighted by Crippen LogP contribution is -2.17. The molecule has 1 fully saturated rings. The second-order valence-corrected chi connectivity index (χ2v) is 7.35. The third kappa shape index (κ3) is 3.33. The van der Waals surface area contributed by atoms with E-state index in [4.69, 9.17) is 15.2 Å². The van der Waals surface area contributed by atoms with Gasteiger partial charge in [0.2, 0.25) is 5.91 Å². The van der Waals surface area contributed by atoms with Crippen LogP contribution in [0.5, 0.6) is 5.75 Å². The molecular weight excluding hydrogens is 352 g/mol. The Kier molecular flexibility index (Phi) is 4.44. The Balaban J connectivity index is 1.70. The monoisotopic (exact) mass is 370 g/mol. The number of amides is 1. The molecule has 134 valence electrons. The van der Waals surface area contributed by atoms with Crippen LogP contribution in [0.1, 0.15) is 21.7 Å². The first-order chi connectivity index (χ1) is 12.6. The van der Waals surface area contributed by atoms with Crippen LogP contribution in [-0.2, 0) is 4.74 Å². The minimum absolute atomic E-state index is 0.0481. The van der Waals surface area contributed by atoms with Crippen molar-refractivity contribution >= 4 is 39.0 Å². The van der Waals surface area contributed by atoms with Gasteiger partial charge in [0.1, 0.15) is 18.2 Å². The second-order valence-electron chi connectivity index (χ2n) is 6.10. The number of carbonyl (C=O) groups is 1. The topological polar surface area (TPSA) is 99.4 Å². The van der Waals surface area contributed by atoms with Gasteiger partial charge in [0, 0.05) is 16.9 Å². The molecular formula is C18H18N4O3S. The fraction of sp³-hybridized carbons (Fsp3) is 0.278. The number of primary amides is 1. The molecule has 1 saturated heterocycles. The van der Waals surface area contributed by atoms with Crippen molar-refractivity contribution in [2.24, 2.45) is 5.73 Å². The Bertz CT molecular complexity index is 966. The Morgan fingerprint density at radius 1 is 1.38 bits per heavy atom. The summed E-state index contributed by atoms with van der Waals surface area (Å²) < 4.78 is 12.4. The summed E-state index contributed by atoms with van der Waals surface area (Å²) in [5.41, 5.74) is 7.41. The molecule has 1 aliphatic heterocycles. The molecule has 1 aliphatic rings. The number of thiophene rings is 1. The first-order valence-corrected chi connectivity index (χ1v) is 9.08. The average molecular weight is 370 g/mol. The van der Waals surface area contributed by atoms with Gasteiger partial charge in [-0.05, 0) is 31.2 Å². The first kappa shape index (κ1) is 16.7. The number of nitrogens with zero attached hydrogens (tertiary/aromatic N) is 2. The second kappa shape index (κ2) is 6.89. The Labute approximate surface area is 154 Å². The van der Waals surface area contributed by atoms with Crippen LogP contribution in [-0.4, -0.2) is 35.2 Å². The van der Waals surface area contributed by atoms with E-state index in [0.29, 0.717) is 36.0 Å². The summed E-state index contributed by atoms with van der Waals surface area (Å²) >= 11 is 1.62. The van der Waals surface area contributed by atoms with Gasteiger partial charge in [0.15, 0.2) is 5.82 Å². The fourth-order valence-electron chi connectivity index (χ4n) is 2.85. The van der Waals surface area contributed by atoms with Gasteiger partial charge in [-0.25, -0.2) is 9.97 Å². The Morgan fingerprint density at radius 3 is 3.04 bits per heavy atom. The summed E-state index contributed by atoms with van der Waals surface area (Å²) in [6.45, 7) is 3.23. The number of rotatable bonds is 5. The number of aromatic nitrogens is 2. The molecule has 1 aromatic carbocycles. The molecule has 4 rings (SSSR count). The van der Waals surface area contributed by atoms with E-state index in [2.05, 4.69) is 15.3 Å². The highest BCUT2D eigenvalue weighted by atomic mass is 32.1. The maximum atomic E-state index is 11.5. The predicted octanol–water partition coefficient (Wildman–Crippen LogP) is 3.01. The summed E-state index contributed by atoms with van der Waals surface area (Å²) in [6.07, 6.45) is 2.29. The van der Waals surface area contributed by atoms with Gasteiger partial charge in [-0.1, -0.05) is 0 Å². The number of hydrogen-bond acceptors (Lipinski definition) is 7. The molecule has 0 aliphatic carbocycles. The van der Waals surface area contributed by atoms with Crippen LogP contribution >= 0.6 is 11.3 Å². The highest BCUT2D eigenvalue weighted by Crippen LogP contribution is 2.34. The van der Waals surface area contributed by atoms with Crippen LogP contribution in [0.2, 0.25) is 0 Å². The normalized spacial score (nSPS) is 16.7. The van der Waals surface area contributed by atoms with Crippen molar-refractivity contribution in [3.05, 3.63) is 41.0 Å². The van der Waals surface area contributed by atoms with Crippen LogP contribution in [0.15, 0.2) is 30.6 Å². The van der Waals surface area contributed by atoms with Crippen LogP contribution in [0.3, 0.4) is 0 Å². The van der Waals surface area contributed by atoms with Crippen molar-refractivity contribution in [2.45, 2.75) is 19.4 Å². The molecule has 3 heterocycles. The number of anilines is 2. The van der Waals surface area contributed by atoms with E-state index in [1.54, 1.807) is 29.5 Å². The molecule has 1 unspecified atom stereocenters. The molecule has 3 N–H and O–H groups in total. The molecule has 1 atom stereocenters. The van der Waals surface area contributed by atoms with Crippen LogP contribution in [0, 0.1) is 6.92 Å². The fourth-order valence-corrected chi connectivity index (χ4v) is 3.76.